The van der Waals surface area contributed by atoms with E-state index in [4.69, 9.17) is 10.5 Å². The molecule has 2 N–H and O–H groups in total. The van der Waals surface area contributed by atoms with E-state index in [1.54, 1.807) is 0 Å². The Morgan fingerprint density at radius 2 is 2.17 bits per heavy atom. The molecule has 0 aliphatic heterocycles. The highest BCUT2D eigenvalue weighted by Crippen LogP contribution is 2.30. The molecule has 2 rings (SSSR count). The fourth-order valence-corrected chi connectivity index (χ4v) is 2.37. The van der Waals surface area contributed by atoms with Gasteiger partial charge in [-0.3, -0.25) is 0 Å². The van der Waals surface area contributed by atoms with Gasteiger partial charge in [-0.2, -0.15) is 10.4 Å². The Labute approximate surface area is 107 Å². The Morgan fingerprint density at radius 1 is 1.39 bits per heavy atom. The van der Waals surface area contributed by atoms with E-state index in [9.17, 15) is 5.26 Å². The topological polar surface area (TPSA) is 84.8 Å². The fourth-order valence-electron chi connectivity index (χ4n) is 2.37. The van der Waals surface area contributed by atoms with E-state index in [1.165, 1.54) is 0 Å². The van der Waals surface area contributed by atoms with Gasteiger partial charge in [0.15, 0.2) is 0 Å². The second kappa shape index (κ2) is 5.32. The van der Waals surface area contributed by atoms with Crippen LogP contribution in [0.3, 0.4) is 0 Å². The summed E-state index contributed by atoms with van der Waals surface area (Å²) >= 11 is 0. The Morgan fingerprint density at radius 3 is 2.83 bits per heavy atom. The molecule has 0 bridgehead atoms. The van der Waals surface area contributed by atoms with Crippen molar-refractivity contribution in [1.29, 1.82) is 5.26 Å². The van der Waals surface area contributed by atoms with Gasteiger partial charge >= 0.3 is 0 Å². The molecule has 1 fully saturated rings. The van der Waals surface area contributed by atoms with Crippen LogP contribution in [0, 0.1) is 31.1 Å². The number of hydrogen-bond donors (Lipinski definition) is 1. The lowest BCUT2D eigenvalue weighted by atomic mass is 10.1. The highest BCUT2D eigenvalue weighted by molar-refractivity contribution is 5.45. The summed E-state index contributed by atoms with van der Waals surface area (Å²) in [5.41, 5.74) is 7.81. The highest BCUT2D eigenvalue weighted by Gasteiger charge is 2.29. The van der Waals surface area contributed by atoms with Crippen molar-refractivity contribution in [2.45, 2.75) is 39.2 Å². The molecule has 2 unspecified atom stereocenters. The van der Waals surface area contributed by atoms with Crippen LogP contribution in [0.4, 0.5) is 0 Å². The van der Waals surface area contributed by atoms with Gasteiger partial charge in [0.05, 0.1) is 5.69 Å². The largest absolute Gasteiger partial charge is 0.472 e. The molecule has 2 atom stereocenters. The van der Waals surface area contributed by atoms with E-state index in [0.717, 1.165) is 30.5 Å². The first-order valence-corrected chi connectivity index (χ1v) is 6.28. The first kappa shape index (κ1) is 12.8. The van der Waals surface area contributed by atoms with Gasteiger partial charge in [-0.25, -0.2) is 0 Å². The lowest BCUT2D eigenvalue weighted by Gasteiger charge is -2.19. The Hall–Kier alpha value is -1.67. The van der Waals surface area contributed by atoms with Crippen molar-refractivity contribution >= 4 is 0 Å². The monoisotopic (exact) mass is 246 g/mol. The molecule has 1 aliphatic rings. The van der Waals surface area contributed by atoms with Crippen molar-refractivity contribution in [2.24, 2.45) is 11.7 Å². The molecular formula is C13H18N4O. The standard InChI is InChI=1S/C13H18N4O/c1-8-9(2)16-17-13(11(8)7-15)18-12-5-3-4-10(12)6-14/h10,12H,3-6,14H2,1-2H3. The molecule has 1 saturated carbocycles. The number of nitriles is 1. The Balaban J connectivity index is 2.24. The summed E-state index contributed by atoms with van der Waals surface area (Å²) in [6.07, 6.45) is 3.24. The van der Waals surface area contributed by atoms with E-state index >= 15 is 0 Å². The normalized spacial score (nSPS) is 22.8. The summed E-state index contributed by atoms with van der Waals surface area (Å²) in [5.74, 6) is 0.714. The molecule has 0 spiro atoms. The number of nitrogens with zero attached hydrogens (tertiary/aromatic N) is 3. The van der Waals surface area contributed by atoms with E-state index in [1.807, 2.05) is 13.8 Å². The van der Waals surface area contributed by atoms with Crippen molar-refractivity contribution in [3.05, 3.63) is 16.8 Å². The molecule has 0 radical (unpaired) electrons. The van der Waals surface area contributed by atoms with Gasteiger partial charge in [-0.05, 0) is 45.2 Å². The summed E-state index contributed by atoms with van der Waals surface area (Å²) < 4.78 is 5.86. The van der Waals surface area contributed by atoms with Gasteiger partial charge in [0.1, 0.15) is 17.7 Å². The number of ether oxygens (including phenoxy) is 1. The number of aromatic nitrogens is 2. The van der Waals surface area contributed by atoms with Crippen LogP contribution in [0.1, 0.15) is 36.1 Å². The molecule has 1 aromatic rings. The van der Waals surface area contributed by atoms with Crippen LogP contribution < -0.4 is 10.5 Å². The summed E-state index contributed by atoms with van der Waals surface area (Å²) in [5, 5.41) is 17.2. The quantitative estimate of drug-likeness (QED) is 0.873. The van der Waals surface area contributed by atoms with Crippen molar-refractivity contribution in [2.75, 3.05) is 6.54 Å². The Kier molecular flexibility index (Phi) is 3.78. The first-order chi connectivity index (χ1) is 8.67. The van der Waals surface area contributed by atoms with Crippen molar-refractivity contribution in [1.82, 2.24) is 10.2 Å². The van der Waals surface area contributed by atoms with Gasteiger partial charge in [0.2, 0.25) is 0 Å². The smallest absolute Gasteiger partial charge is 0.252 e. The highest BCUT2D eigenvalue weighted by atomic mass is 16.5. The third-order valence-corrected chi connectivity index (χ3v) is 3.69. The zero-order chi connectivity index (χ0) is 13.1. The molecule has 1 heterocycles. The molecule has 1 aromatic heterocycles. The first-order valence-electron chi connectivity index (χ1n) is 6.28. The molecule has 1 aliphatic carbocycles. The van der Waals surface area contributed by atoms with Crippen LogP contribution in [0.25, 0.3) is 0 Å². The van der Waals surface area contributed by atoms with E-state index in [0.29, 0.717) is 23.9 Å². The zero-order valence-corrected chi connectivity index (χ0v) is 10.8. The van der Waals surface area contributed by atoms with Crippen LogP contribution in [-0.2, 0) is 0 Å². The van der Waals surface area contributed by atoms with Crippen LogP contribution >= 0.6 is 0 Å². The molecule has 0 amide bonds. The zero-order valence-electron chi connectivity index (χ0n) is 10.8. The number of hydrogen-bond acceptors (Lipinski definition) is 5. The van der Waals surface area contributed by atoms with E-state index in [-0.39, 0.29) is 6.10 Å². The van der Waals surface area contributed by atoms with Crippen LogP contribution in [0.2, 0.25) is 0 Å². The van der Waals surface area contributed by atoms with Gasteiger partial charge in [-0.15, -0.1) is 5.10 Å². The third-order valence-electron chi connectivity index (χ3n) is 3.69. The van der Waals surface area contributed by atoms with E-state index in [2.05, 4.69) is 16.3 Å². The molecule has 96 valence electrons. The average molecular weight is 246 g/mol. The number of aryl methyl sites for hydroxylation is 1. The van der Waals surface area contributed by atoms with Crippen molar-refractivity contribution in [3.63, 3.8) is 0 Å². The summed E-state index contributed by atoms with van der Waals surface area (Å²) in [6, 6.07) is 2.15. The maximum Gasteiger partial charge on any atom is 0.252 e. The maximum atomic E-state index is 9.20. The molecular weight excluding hydrogens is 228 g/mol. The minimum Gasteiger partial charge on any atom is -0.472 e. The van der Waals surface area contributed by atoms with Crippen molar-refractivity contribution in [3.8, 4) is 11.9 Å². The molecule has 18 heavy (non-hydrogen) atoms. The molecule has 5 heteroatoms. The number of rotatable bonds is 3. The second-order valence-corrected chi connectivity index (χ2v) is 4.79. The fraction of sp³-hybridized carbons (Fsp3) is 0.615. The molecule has 0 saturated heterocycles. The second-order valence-electron chi connectivity index (χ2n) is 4.79. The van der Waals surface area contributed by atoms with Crippen molar-refractivity contribution < 1.29 is 4.74 Å². The molecule has 0 aromatic carbocycles. The lowest BCUT2D eigenvalue weighted by Crippen LogP contribution is -2.28. The predicted molar refractivity (Wildman–Crippen MR) is 67.0 cm³/mol. The SMILES string of the molecule is Cc1nnc(OC2CCCC2CN)c(C#N)c1C. The van der Waals surface area contributed by atoms with Gasteiger partial charge in [-0.1, -0.05) is 0 Å². The number of nitrogens with two attached hydrogens (primary N) is 1. The molecule has 5 nitrogen and oxygen atoms in total. The van der Waals surface area contributed by atoms with E-state index < -0.39 is 0 Å². The van der Waals surface area contributed by atoms with Gasteiger partial charge in [0.25, 0.3) is 5.88 Å². The van der Waals surface area contributed by atoms with Gasteiger partial charge in [0, 0.05) is 5.92 Å². The average Bonchev–Trinajstić information content (AvgIpc) is 2.81. The lowest BCUT2D eigenvalue weighted by molar-refractivity contribution is 0.153. The minimum atomic E-state index is 0.0681. The summed E-state index contributed by atoms with van der Waals surface area (Å²) in [6.45, 7) is 4.32. The van der Waals surface area contributed by atoms with Crippen LogP contribution in [-0.4, -0.2) is 22.8 Å². The van der Waals surface area contributed by atoms with Crippen LogP contribution in [0.15, 0.2) is 0 Å². The third kappa shape index (κ3) is 2.29. The summed E-state index contributed by atoms with van der Waals surface area (Å²) in [4.78, 5) is 0. The van der Waals surface area contributed by atoms with Gasteiger partial charge < -0.3 is 10.5 Å². The van der Waals surface area contributed by atoms with Crippen LogP contribution in [0.5, 0.6) is 5.88 Å². The minimum absolute atomic E-state index is 0.0681. The summed E-state index contributed by atoms with van der Waals surface area (Å²) in [7, 11) is 0. The Bertz CT molecular complexity index is 481. The maximum absolute atomic E-state index is 9.20. The predicted octanol–water partition coefficient (Wildman–Crippen LogP) is 1.47.